The lowest BCUT2D eigenvalue weighted by atomic mass is 9.94. The molecule has 0 aliphatic rings. The molecule has 0 rings (SSSR count). The highest BCUT2D eigenvalue weighted by Gasteiger charge is 2.10. The number of rotatable bonds is 9. The van der Waals surface area contributed by atoms with Crippen LogP contribution < -0.4 is 5.32 Å². The summed E-state index contributed by atoms with van der Waals surface area (Å²) >= 11 is 0. The maximum Gasteiger partial charge on any atom is 0.303 e. The molecule has 1 unspecified atom stereocenters. The number of aliphatic carboxylic acids is 1. The van der Waals surface area contributed by atoms with Crippen LogP contribution in [0.2, 0.25) is 0 Å². The Kier molecular flexibility index (Phi) is 9.11. The summed E-state index contributed by atoms with van der Waals surface area (Å²) in [7, 11) is 0. The Labute approximate surface area is 103 Å². The van der Waals surface area contributed by atoms with Crippen molar-refractivity contribution < 1.29 is 14.7 Å². The summed E-state index contributed by atoms with van der Waals surface area (Å²) in [6.07, 6.45) is 7.02. The Morgan fingerprint density at radius 1 is 1.29 bits per heavy atom. The number of hydrogen-bond donors (Lipinski definition) is 2. The zero-order valence-corrected chi connectivity index (χ0v) is 10.7. The van der Waals surface area contributed by atoms with Crippen molar-refractivity contribution >= 4 is 11.9 Å². The normalized spacial score (nSPS) is 12.6. The van der Waals surface area contributed by atoms with Gasteiger partial charge in [0.25, 0.3) is 0 Å². The summed E-state index contributed by atoms with van der Waals surface area (Å²) < 4.78 is 0. The second-order valence-corrected chi connectivity index (χ2v) is 4.17. The van der Waals surface area contributed by atoms with Crippen molar-refractivity contribution in [1.29, 1.82) is 0 Å². The summed E-state index contributed by atoms with van der Waals surface area (Å²) in [6.45, 7) is 4.51. The maximum absolute atomic E-state index is 11.2. The molecule has 0 saturated heterocycles. The van der Waals surface area contributed by atoms with Gasteiger partial charge in [-0.15, -0.1) is 0 Å². The number of carboxylic acids is 1. The van der Waals surface area contributed by atoms with E-state index in [1.54, 1.807) is 13.0 Å². The average molecular weight is 241 g/mol. The highest BCUT2D eigenvalue weighted by molar-refractivity contribution is 5.87. The van der Waals surface area contributed by atoms with E-state index in [1.807, 2.05) is 0 Å². The van der Waals surface area contributed by atoms with Crippen molar-refractivity contribution in [3.05, 3.63) is 12.2 Å². The molecule has 0 aromatic carbocycles. The van der Waals surface area contributed by atoms with Crippen LogP contribution in [0.5, 0.6) is 0 Å². The first-order valence-electron chi connectivity index (χ1n) is 6.22. The molecular formula is C13H23NO3. The molecule has 4 heteroatoms. The Bertz CT molecular complexity index is 261. The van der Waals surface area contributed by atoms with E-state index in [-0.39, 0.29) is 12.3 Å². The van der Waals surface area contributed by atoms with Crippen molar-refractivity contribution in [3.8, 4) is 0 Å². The van der Waals surface area contributed by atoms with E-state index in [0.29, 0.717) is 18.9 Å². The van der Waals surface area contributed by atoms with Crippen LogP contribution in [-0.2, 0) is 9.59 Å². The second-order valence-electron chi connectivity index (χ2n) is 4.17. The number of amides is 1. The van der Waals surface area contributed by atoms with E-state index in [0.717, 1.165) is 19.3 Å². The lowest BCUT2D eigenvalue weighted by Crippen LogP contribution is -2.24. The molecule has 0 saturated carbocycles. The second kappa shape index (κ2) is 9.87. The molecule has 0 aromatic rings. The van der Waals surface area contributed by atoms with Crippen LogP contribution in [0.4, 0.5) is 0 Å². The molecule has 0 fully saturated rings. The minimum Gasteiger partial charge on any atom is -0.481 e. The van der Waals surface area contributed by atoms with E-state index >= 15 is 0 Å². The van der Waals surface area contributed by atoms with Gasteiger partial charge in [-0.3, -0.25) is 9.59 Å². The van der Waals surface area contributed by atoms with Crippen molar-refractivity contribution in [2.45, 2.75) is 46.0 Å². The predicted molar refractivity (Wildman–Crippen MR) is 67.7 cm³/mol. The summed E-state index contributed by atoms with van der Waals surface area (Å²) in [5.41, 5.74) is 0. The summed E-state index contributed by atoms with van der Waals surface area (Å²) in [4.78, 5) is 21.7. The molecule has 0 spiro atoms. The average Bonchev–Trinajstić information content (AvgIpc) is 2.26. The summed E-state index contributed by atoms with van der Waals surface area (Å²) in [6, 6.07) is 0. The number of hydrogen-bond acceptors (Lipinski definition) is 2. The van der Waals surface area contributed by atoms with Crippen molar-refractivity contribution in [3.63, 3.8) is 0 Å². The topological polar surface area (TPSA) is 66.4 Å². The molecular weight excluding hydrogens is 218 g/mol. The zero-order valence-electron chi connectivity index (χ0n) is 10.7. The molecule has 1 atom stereocenters. The van der Waals surface area contributed by atoms with Crippen molar-refractivity contribution in [2.75, 3.05) is 6.54 Å². The van der Waals surface area contributed by atoms with Gasteiger partial charge in [-0.25, -0.2) is 0 Å². The fourth-order valence-electron chi connectivity index (χ4n) is 1.78. The molecule has 0 radical (unpaired) electrons. The fraction of sp³-hybridized carbons (Fsp3) is 0.692. The number of carbonyl (C=O) groups excluding carboxylic acids is 1. The Morgan fingerprint density at radius 2 is 2.00 bits per heavy atom. The van der Waals surface area contributed by atoms with E-state index < -0.39 is 5.97 Å². The van der Waals surface area contributed by atoms with Gasteiger partial charge in [-0.2, -0.15) is 0 Å². The third kappa shape index (κ3) is 9.60. The Morgan fingerprint density at radius 3 is 2.53 bits per heavy atom. The fourth-order valence-corrected chi connectivity index (χ4v) is 1.78. The van der Waals surface area contributed by atoms with Crippen LogP contribution in [0.1, 0.15) is 46.0 Å². The van der Waals surface area contributed by atoms with Gasteiger partial charge in [0.1, 0.15) is 0 Å². The lowest BCUT2D eigenvalue weighted by Gasteiger charge is -2.14. The largest absolute Gasteiger partial charge is 0.481 e. The number of carboxylic acid groups (broad SMARTS) is 1. The van der Waals surface area contributed by atoms with Crippen LogP contribution >= 0.6 is 0 Å². The number of nitrogens with one attached hydrogen (secondary N) is 1. The molecule has 0 bridgehead atoms. The predicted octanol–water partition coefficient (Wildman–Crippen LogP) is 2.35. The smallest absolute Gasteiger partial charge is 0.303 e. The Hall–Kier alpha value is -1.32. The first kappa shape index (κ1) is 15.7. The maximum atomic E-state index is 11.2. The summed E-state index contributed by atoms with van der Waals surface area (Å²) in [5, 5.41) is 11.4. The molecule has 1 amide bonds. The van der Waals surface area contributed by atoms with Crippen LogP contribution in [-0.4, -0.2) is 23.5 Å². The molecule has 0 aromatic heterocycles. The van der Waals surface area contributed by atoms with Crippen molar-refractivity contribution in [2.24, 2.45) is 5.92 Å². The van der Waals surface area contributed by atoms with E-state index in [1.165, 1.54) is 6.08 Å². The first-order valence-corrected chi connectivity index (χ1v) is 6.22. The van der Waals surface area contributed by atoms with Gasteiger partial charge in [0.15, 0.2) is 0 Å². The van der Waals surface area contributed by atoms with Crippen LogP contribution in [0.15, 0.2) is 12.2 Å². The standard InChI is InChI=1S/C13H23NO3/c1-3-5-11(7-8-13(16)17)9-10-14-12(15)6-4-2/h4,6,11H,3,5,7-10H2,1-2H3,(H,14,15)(H,16,17). The monoisotopic (exact) mass is 241 g/mol. The highest BCUT2D eigenvalue weighted by Crippen LogP contribution is 2.16. The van der Waals surface area contributed by atoms with E-state index in [4.69, 9.17) is 5.11 Å². The third-order valence-corrected chi connectivity index (χ3v) is 2.63. The molecule has 98 valence electrons. The molecule has 17 heavy (non-hydrogen) atoms. The SMILES string of the molecule is CC=CC(=O)NCCC(CCC)CCC(=O)O. The minimum absolute atomic E-state index is 0.0824. The first-order chi connectivity index (χ1) is 8.10. The highest BCUT2D eigenvalue weighted by atomic mass is 16.4. The lowest BCUT2D eigenvalue weighted by molar-refractivity contribution is -0.137. The Balaban J connectivity index is 3.83. The van der Waals surface area contributed by atoms with Gasteiger partial charge in [-0.05, 0) is 31.8 Å². The van der Waals surface area contributed by atoms with Crippen LogP contribution in [0.3, 0.4) is 0 Å². The molecule has 2 N–H and O–H groups in total. The van der Waals surface area contributed by atoms with Gasteiger partial charge < -0.3 is 10.4 Å². The van der Waals surface area contributed by atoms with Gasteiger partial charge in [0.2, 0.25) is 5.91 Å². The van der Waals surface area contributed by atoms with Crippen LogP contribution in [0.25, 0.3) is 0 Å². The number of carbonyl (C=O) groups is 2. The van der Waals surface area contributed by atoms with Gasteiger partial charge >= 0.3 is 5.97 Å². The van der Waals surface area contributed by atoms with Crippen LogP contribution in [0, 0.1) is 5.92 Å². The zero-order chi connectivity index (χ0) is 13.1. The van der Waals surface area contributed by atoms with Gasteiger partial charge in [-0.1, -0.05) is 25.8 Å². The minimum atomic E-state index is -0.746. The van der Waals surface area contributed by atoms with Gasteiger partial charge in [0, 0.05) is 13.0 Å². The molecule has 0 heterocycles. The number of allylic oxidation sites excluding steroid dienone is 1. The quantitative estimate of drug-likeness (QED) is 0.609. The van der Waals surface area contributed by atoms with E-state index in [9.17, 15) is 9.59 Å². The third-order valence-electron chi connectivity index (χ3n) is 2.63. The molecule has 0 aliphatic heterocycles. The summed E-state index contributed by atoms with van der Waals surface area (Å²) in [5.74, 6) is -0.438. The van der Waals surface area contributed by atoms with Gasteiger partial charge in [0.05, 0.1) is 0 Å². The van der Waals surface area contributed by atoms with Crippen molar-refractivity contribution in [1.82, 2.24) is 5.32 Å². The van der Waals surface area contributed by atoms with E-state index in [2.05, 4.69) is 12.2 Å². The molecule has 4 nitrogen and oxygen atoms in total. The molecule has 0 aliphatic carbocycles.